The number of carboxylic acid groups (broad SMARTS) is 1. The second-order valence-corrected chi connectivity index (χ2v) is 11.1. The van der Waals surface area contributed by atoms with Crippen LogP contribution in [0, 0.1) is 0 Å². The van der Waals surface area contributed by atoms with Crippen molar-refractivity contribution in [2.24, 2.45) is 0 Å². The number of halogens is 6. The Kier molecular flexibility index (Phi) is 10.8. The van der Waals surface area contributed by atoms with Gasteiger partial charge in [-0.05, 0) is 55.8 Å². The monoisotopic (exact) mass is 696 g/mol. The summed E-state index contributed by atoms with van der Waals surface area (Å²) >= 11 is 0. The lowest BCUT2D eigenvalue weighted by atomic mass is 10.0. The largest absolute Gasteiger partial charge is 0.490 e. The van der Waals surface area contributed by atoms with Crippen LogP contribution in [0.25, 0.3) is 16.9 Å². The first kappa shape index (κ1) is 36.6. The van der Waals surface area contributed by atoms with Crippen LogP contribution in [0.1, 0.15) is 35.6 Å². The van der Waals surface area contributed by atoms with Gasteiger partial charge < -0.3 is 25.6 Å². The van der Waals surface area contributed by atoms with E-state index in [2.05, 4.69) is 20.8 Å². The number of hydrogen-bond acceptors (Lipinski definition) is 8. The maximum absolute atomic E-state index is 13.7. The molecule has 4 N–H and O–H groups in total. The van der Waals surface area contributed by atoms with Gasteiger partial charge in [-0.25, -0.2) is 9.59 Å². The standard InChI is InChI=1S/C29H29F3N6O4.C2HF3O2/c1-18-16-37-24(15-33-18)25(26(39)34-14-19-6-3-4-7-22(19)23-8-5-13-35-36-23)38(27(37)40)20-9-11-21(12-10-20)42-17-28(2,41)29(30,31)32;3-2(4,5)1(6)7/h3-13,18,33,41H,14-17H2,1-2H3,(H,34,39);(H,6,7). The minimum Gasteiger partial charge on any atom is -0.490 e. The van der Waals surface area contributed by atoms with Crippen molar-refractivity contribution in [1.29, 1.82) is 0 Å². The lowest BCUT2D eigenvalue weighted by molar-refractivity contribution is -0.260. The minimum absolute atomic E-state index is 0.00183. The fourth-order valence-corrected chi connectivity index (χ4v) is 4.66. The van der Waals surface area contributed by atoms with E-state index in [0.29, 0.717) is 30.5 Å². The highest BCUT2D eigenvalue weighted by Gasteiger charge is 2.50. The molecule has 0 aliphatic carbocycles. The third-order valence-corrected chi connectivity index (χ3v) is 7.31. The van der Waals surface area contributed by atoms with Crippen LogP contribution >= 0.6 is 0 Å². The lowest BCUT2D eigenvalue weighted by Gasteiger charge is -2.26. The molecule has 5 rings (SSSR count). The van der Waals surface area contributed by atoms with Crippen molar-refractivity contribution in [1.82, 2.24) is 30.0 Å². The zero-order chi connectivity index (χ0) is 36.1. The number of aliphatic hydroxyl groups is 1. The number of alkyl halides is 6. The summed E-state index contributed by atoms with van der Waals surface area (Å²) < 4.78 is 78.7. The lowest BCUT2D eigenvalue weighted by Crippen LogP contribution is -2.47. The molecule has 1 aliphatic rings. The number of aliphatic carboxylic acids is 1. The first-order valence-electron chi connectivity index (χ1n) is 14.4. The Balaban J connectivity index is 0.000000698. The molecule has 18 heteroatoms. The maximum atomic E-state index is 13.7. The summed E-state index contributed by atoms with van der Waals surface area (Å²) in [5.74, 6) is -3.18. The molecule has 2 aromatic heterocycles. The Morgan fingerprint density at radius 3 is 2.29 bits per heavy atom. The van der Waals surface area contributed by atoms with E-state index >= 15 is 0 Å². The quantitative estimate of drug-likeness (QED) is 0.201. The minimum atomic E-state index is -5.08. The molecule has 12 nitrogen and oxygen atoms in total. The van der Waals surface area contributed by atoms with Crippen molar-refractivity contribution < 1.29 is 50.9 Å². The summed E-state index contributed by atoms with van der Waals surface area (Å²) in [5, 5.41) is 31.1. The number of aromatic nitrogens is 4. The Labute approximate surface area is 274 Å². The maximum Gasteiger partial charge on any atom is 0.490 e. The van der Waals surface area contributed by atoms with Crippen LogP contribution < -0.4 is 21.1 Å². The smallest absolute Gasteiger partial charge is 0.490 e. The Morgan fingerprint density at radius 1 is 1.04 bits per heavy atom. The van der Waals surface area contributed by atoms with Crippen LogP contribution in [0.4, 0.5) is 26.3 Å². The van der Waals surface area contributed by atoms with Crippen molar-refractivity contribution in [2.45, 2.75) is 57.5 Å². The molecule has 0 radical (unpaired) electrons. The Hall–Kier alpha value is -5.23. The van der Waals surface area contributed by atoms with E-state index in [0.717, 1.165) is 11.1 Å². The van der Waals surface area contributed by atoms with E-state index < -0.39 is 42.1 Å². The summed E-state index contributed by atoms with van der Waals surface area (Å²) in [7, 11) is 0. The van der Waals surface area contributed by atoms with Crippen LogP contribution in [0.2, 0.25) is 0 Å². The Bertz CT molecular complexity index is 1840. The zero-order valence-corrected chi connectivity index (χ0v) is 25.8. The predicted octanol–water partition coefficient (Wildman–Crippen LogP) is 3.84. The highest BCUT2D eigenvalue weighted by atomic mass is 19.4. The van der Waals surface area contributed by atoms with Crippen molar-refractivity contribution in [3.8, 4) is 22.7 Å². The van der Waals surface area contributed by atoms with E-state index in [9.17, 15) is 41.0 Å². The highest BCUT2D eigenvalue weighted by Crippen LogP contribution is 2.31. The van der Waals surface area contributed by atoms with Gasteiger partial charge in [0.25, 0.3) is 5.91 Å². The number of carboxylic acids is 1. The van der Waals surface area contributed by atoms with E-state index in [-0.39, 0.29) is 30.6 Å². The summed E-state index contributed by atoms with van der Waals surface area (Å²) in [6.45, 7) is 2.33. The summed E-state index contributed by atoms with van der Waals surface area (Å²) in [5.41, 5.74) is -0.215. The van der Waals surface area contributed by atoms with Gasteiger partial charge in [-0.2, -0.15) is 36.5 Å². The average molecular weight is 697 g/mol. The first-order valence-corrected chi connectivity index (χ1v) is 14.4. The van der Waals surface area contributed by atoms with Crippen LogP contribution in [0.3, 0.4) is 0 Å². The number of rotatable bonds is 8. The predicted molar refractivity (Wildman–Crippen MR) is 161 cm³/mol. The molecule has 0 fully saturated rings. The van der Waals surface area contributed by atoms with Crippen molar-refractivity contribution in [3.05, 3.63) is 94.3 Å². The highest BCUT2D eigenvalue weighted by molar-refractivity contribution is 5.94. The van der Waals surface area contributed by atoms with Gasteiger partial charge in [-0.15, -0.1) is 0 Å². The second kappa shape index (κ2) is 14.5. The molecular weight excluding hydrogens is 666 g/mol. The molecule has 2 aromatic carbocycles. The summed E-state index contributed by atoms with van der Waals surface area (Å²) in [6, 6.07) is 16.8. The number of ether oxygens (including phenoxy) is 1. The molecular formula is C31H30F6N6O6. The number of imidazole rings is 1. The number of nitrogens with zero attached hydrogens (tertiary/aromatic N) is 4. The van der Waals surface area contributed by atoms with Gasteiger partial charge in [0.1, 0.15) is 18.1 Å². The van der Waals surface area contributed by atoms with Crippen molar-refractivity contribution in [3.63, 3.8) is 0 Å². The van der Waals surface area contributed by atoms with E-state index in [4.69, 9.17) is 14.6 Å². The number of benzene rings is 2. The van der Waals surface area contributed by atoms with Gasteiger partial charge in [0.2, 0.25) is 0 Å². The third-order valence-electron chi connectivity index (χ3n) is 7.31. The molecule has 1 amide bonds. The van der Waals surface area contributed by atoms with Gasteiger partial charge >= 0.3 is 24.0 Å². The van der Waals surface area contributed by atoms with Gasteiger partial charge in [0.05, 0.1) is 17.1 Å². The molecule has 0 bridgehead atoms. The Morgan fingerprint density at radius 2 is 1.69 bits per heavy atom. The molecule has 1 aliphatic heterocycles. The summed E-state index contributed by atoms with van der Waals surface area (Å²) in [6.07, 6.45) is -8.38. The second-order valence-electron chi connectivity index (χ2n) is 11.1. The number of nitrogens with one attached hydrogen (secondary N) is 2. The number of carbonyl (C=O) groups is 2. The fraction of sp³-hybridized carbons (Fsp3) is 0.323. The van der Waals surface area contributed by atoms with Crippen LogP contribution in [-0.2, 0) is 24.4 Å². The molecule has 49 heavy (non-hydrogen) atoms. The SMILES string of the molecule is CC1Cn2c(c(C(=O)NCc3ccccc3-c3cccnn3)n(-c3ccc(OCC(C)(O)C(F)(F)F)cc3)c2=O)CN1.O=C(O)C(F)(F)F. The fourth-order valence-electron chi connectivity index (χ4n) is 4.66. The zero-order valence-electron chi connectivity index (χ0n) is 25.8. The molecule has 2 atom stereocenters. The third kappa shape index (κ3) is 8.63. The van der Waals surface area contributed by atoms with Gasteiger partial charge in [0, 0.05) is 37.4 Å². The van der Waals surface area contributed by atoms with Gasteiger partial charge in [0.15, 0.2) is 5.60 Å². The first-order chi connectivity index (χ1) is 22.9. The van der Waals surface area contributed by atoms with Crippen LogP contribution in [0.5, 0.6) is 5.75 Å². The van der Waals surface area contributed by atoms with Crippen LogP contribution in [0.15, 0.2) is 71.7 Å². The van der Waals surface area contributed by atoms with E-state index in [1.807, 2.05) is 37.3 Å². The van der Waals surface area contributed by atoms with E-state index in [1.54, 1.807) is 16.8 Å². The number of fused-ring (bicyclic) bond motifs is 1. The molecule has 2 unspecified atom stereocenters. The van der Waals surface area contributed by atoms with Gasteiger partial charge in [-0.3, -0.25) is 13.9 Å². The molecule has 262 valence electrons. The number of carbonyl (C=O) groups excluding carboxylic acids is 1. The van der Waals surface area contributed by atoms with E-state index in [1.165, 1.54) is 28.8 Å². The van der Waals surface area contributed by atoms with Gasteiger partial charge in [-0.1, -0.05) is 24.3 Å². The molecule has 3 heterocycles. The van der Waals surface area contributed by atoms with Crippen molar-refractivity contribution >= 4 is 11.9 Å². The average Bonchev–Trinajstić information content (AvgIpc) is 3.34. The molecule has 0 spiro atoms. The molecule has 4 aromatic rings. The topological polar surface area (TPSA) is 161 Å². The van der Waals surface area contributed by atoms with Crippen molar-refractivity contribution in [2.75, 3.05) is 6.61 Å². The number of amides is 1. The van der Waals surface area contributed by atoms with Crippen LogP contribution in [-0.4, -0.2) is 72.0 Å². The molecule has 0 saturated carbocycles. The summed E-state index contributed by atoms with van der Waals surface area (Å²) in [4.78, 5) is 36.2. The number of hydrogen-bond donors (Lipinski definition) is 4. The normalized spacial score (nSPS) is 15.7. The molecule has 0 saturated heterocycles.